The number of hydrogen-bond acceptors (Lipinski definition) is 2. The van der Waals surface area contributed by atoms with Gasteiger partial charge in [-0.05, 0) is 35.0 Å². The van der Waals surface area contributed by atoms with Gasteiger partial charge in [-0.15, -0.1) is 0 Å². The molecule has 0 aromatic heterocycles. The van der Waals surface area contributed by atoms with Crippen LogP contribution in [0.25, 0.3) is 0 Å². The zero-order valence-corrected chi connectivity index (χ0v) is 9.83. The average molecular weight is 237 g/mol. The van der Waals surface area contributed by atoms with E-state index in [9.17, 15) is 5.02 Å². The van der Waals surface area contributed by atoms with Crippen molar-refractivity contribution in [2.45, 2.75) is 32.3 Å². The quantitative estimate of drug-likeness (QED) is 0.795. The molecule has 1 N–H and O–H groups in total. The number of hydrogen-bond donors (Lipinski definition) is 1. The monoisotopic (exact) mass is 236 g/mol. The van der Waals surface area contributed by atoms with Crippen molar-refractivity contribution in [3.05, 3.63) is 28.3 Å². The number of halogens is 1. The number of fused-ring (bicyclic) bond motifs is 1. The zero-order valence-electron chi connectivity index (χ0n) is 9.08. The van der Waals surface area contributed by atoms with Gasteiger partial charge >= 0.3 is 7.12 Å². The average Bonchev–Trinajstić information content (AvgIpc) is 2.54. The van der Waals surface area contributed by atoms with Crippen molar-refractivity contribution in [1.29, 1.82) is 0 Å². The maximum atomic E-state index is 9.64. The lowest BCUT2D eigenvalue weighted by molar-refractivity contribution is 0.275. The highest BCUT2D eigenvalue weighted by Gasteiger charge is 2.29. The molecule has 1 aliphatic heterocycles. The normalized spacial score (nSPS) is 19.8. The molecule has 0 spiro atoms. The Bertz CT molecular complexity index is 418. The summed E-state index contributed by atoms with van der Waals surface area (Å²) in [6.07, 6.45) is 5.01. The van der Waals surface area contributed by atoms with Crippen LogP contribution in [0.4, 0.5) is 0 Å². The second-order valence-corrected chi connectivity index (χ2v) is 5.21. The van der Waals surface area contributed by atoms with Gasteiger partial charge in [-0.1, -0.05) is 36.9 Å². The van der Waals surface area contributed by atoms with Gasteiger partial charge in [0.2, 0.25) is 0 Å². The van der Waals surface area contributed by atoms with Crippen molar-refractivity contribution in [2.75, 3.05) is 0 Å². The molecule has 0 radical (unpaired) electrons. The van der Waals surface area contributed by atoms with Gasteiger partial charge in [-0.3, -0.25) is 0 Å². The Morgan fingerprint density at radius 3 is 2.94 bits per heavy atom. The van der Waals surface area contributed by atoms with Crippen LogP contribution >= 0.6 is 11.6 Å². The third kappa shape index (κ3) is 1.77. The van der Waals surface area contributed by atoms with E-state index in [-0.39, 0.29) is 0 Å². The van der Waals surface area contributed by atoms with E-state index in [1.807, 2.05) is 12.1 Å². The van der Waals surface area contributed by atoms with Gasteiger partial charge in [-0.25, -0.2) is 0 Å². The molecule has 3 rings (SSSR count). The SMILES string of the molecule is OB1OCc2cc(Cl)c(CC3CCC3)cc21. The molecule has 2 nitrogen and oxygen atoms in total. The molecule has 1 aromatic rings. The first-order chi connectivity index (χ1) is 7.74. The molecule has 16 heavy (non-hydrogen) atoms. The Hall–Kier alpha value is -0.505. The molecular weight excluding hydrogens is 222 g/mol. The predicted molar refractivity (Wildman–Crippen MR) is 64.9 cm³/mol. The molecule has 84 valence electrons. The van der Waals surface area contributed by atoms with Crippen LogP contribution in [0.5, 0.6) is 0 Å². The van der Waals surface area contributed by atoms with Gasteiger partial charge in [0.05, 0.1) is 6.61 Å². The number of rotatable bonds is 2. The van der Waals surface area contributed by atoms with E-state index in [0.29, 0.717) is 6.61 Å². The Kier molecular flexibility index (Phi) is 2.70. The standard InChI is InChI=1S/C12H14BClO2/c14-12-6-10-7-16-13(15)11(10)5-9(12)4-8-2-1-3-8/h5-6,8,15H,1-4,7H2. The van der Waals surface area contributed by atoms with Crippen LogP contribution < -0.4 is 5.46 Å². The van der Waals surface area contributed by atoms with Gasteiger partial charge in [-0.2, -0.15) is 0 Å². The smallest absolute Gasteiger partial charge is 0.423 e. The molecule has 4 heteroatoms. The fourth-order valence-electron chi connectivity index (χ4n) is 2.46. The molecule has 1 aliphatic carbocycles. The van der Waals surface area contributed by atoms with Crippen LogP contribution in [0.15, 0.2) is 12.1 Å². The second-order valence-electron chi connectivity index (χ2n) is 4.81. The lowest BCUT2D eigenvalue weighted by Gasteiger charge is -2.25. The molecule has 1 saturated carbocycles. The maximum Gasteiger partial charge on any atom is 0.491 e. The molecule has 0 bridgehead atoms. The molecule has 1 aromatic carbocycles. The summed E-state index contributed by atoms with van der Waals surface area (Å²) >= 11 is 6.24. The summed E-state index contributed by atoms with van der Waals surface area (Å²) in [4.78, 5) is 0. The predicted octanol–water partition coefficient (Wildman–Crippen LogP) is 1.90. The molecule has 0 unspecified atom stereocenters. The van der Waals surface area contributed by atoms with Gasteiger partial charge in [0.1, 0.15) is 0 Å². The van der Waals surface area contributed by atoms with Gasteiger partial charge in [0.25, 0.3) is 0 Å². The zero-order chi connectivity index (χ0) is 11.1. The van der Waals surface area contributed by atoms with E-state index in [1.165, 1.54) is 19.3 Å². The van der Waals surface area contributed by atoms with Crippen molar-refractivity contribution in [2.24, 2.45) is 5.92 Å². The molecule has 0 saturated heterocycles. The summed E-state index contributed by atoms with van der Waals surface area (Å²) in [6.45, 7) is 0.472. The topological polar surface area (TPSA) is 29.5 Å². The van der Waals surface area contributed by atoms with Crippen LogP contribution in [0.2, 0.25) is 5.02 Å². The van der Waals surface area contributed by atoms with Crippen LogP contribution in [0.3, 0.4) is 0 Å². The summed E-state index contributed by atoms with van der Waals surface area (Å²) in [5, 5.41) is 10.5. The van der Waals surface area contributed by atoms with Gasteiger partial charge in [0, 0.05) is 5.02 Å². The van der Waals surface area contributed by atoms with Crippen molar-refractivity contribution >= 4 is 24.2 Å². The van der Waals surface area contributed by atoms with Crippen molar-refractivity contribution < 1.29 is 9.68 Å². The first-order valence-electron chi connectivity index (χ1n) is 5.85. The lowest BCUT2D eigenvalue weighted by atomic mass is 9.76. The highest BCUT2D eigenvalue weighted by atomic mass is 35.5. The minimum atomic E-state index is -0.757. The molecule has 0 amide bonds. The largest absolute Gasteiger partial charge is 0.491 e. The number of benzene rings is 1. The van der Waals surface area contributed by atoms with E-state index < -0.39 is 7.12 Å². The van der Waals surface area contributed by atoms with Gasteiger partial charge < -0.3 is 9.68 Å². The van der Waals surface area contributed by atoms with Crippen molar-refractivity contribution in [1.82, 2.24) is 0 Å². The molecule has 0 atom stereocenters. The summed E-state index contributed by atoms with van der Waals surface area (Å²) < 4.78 is 5.18. The summed E-state index contributed by atoms with van der Waals surface area (Å²) in [5.41, 5.74) is 3.09. The first-order valence-corrected chi connectivity index (χ1v) is 6.22. The lowest BCUT2D eigenvalue weighted by Crippen LogP contribution is -2.28. The Balaban J connectivity index is 1.89. The molecule has 2 aliphatic rings. The van der Waals surface area contributed by atoms with Crippen LogP contribution in [-0.2, 0) is 17.7 Å². The van der Waals surface area contributed by atoms with E-state index in [4.69, 9.17) is 16.3 Å². The molecule has 1 heterocycles. The van der Waals surface area contributed by atoms with Crippen LogP contribution in [0.1, 0.15) is 30.4 Å². The summed E-state index contributed by atoms with van der Waals surface area (Å²) in [6, 6.07) is 3.97. The van der Waals surface area contributed by atoms with E-state index in [0.717, 1.165) is 34.0 Å². The maximum absolute atomic E-state index is 9.64. The first kappa shape index (κ1) is 10.6. The fraction of sp³-hybridized carbons (Fsp3) is 0.500. The molecule has 1 fully saturated rings. The van der Waals surface area contributed by atoms with Crippen molar-refractivity contribution in [3.63, 3.8) is 0 Å². The van der Waals surface area contributed by atoms with Crippen LogP contribution in [-0.4, -0.2) is 12.1 Å². The minimum Gasteiger partial charge on any atom is -0.423 e. The minimum absolute atomic E-state index is 0.472. The summed E-state index contributed by atoms with van der Waals surface area (Å²) in [5.74, 6) is 0.787. The highest BCUT2D eigenvalue weighted by molar-refractivity contribution is 6.61. The Morgan fingerprint density at radius 2 is 2.25 bits per heavy atom. The Labute approximate surface area is 101 Å². The van der Waals surface area contributed by atoms with Crippen LogP contribution in [0, 0.1) is 5.92 Å². The second kappa shape index (κ2) is 4.06. The van der Waals surface area contributed by atoms with E-state index in [1.54, 1.807) is 0 Å². The van der Waals surface area contributed by atoms with E-state index in [2.05, 4.69) is 0 Å². The fourth-order valence-corrected chi connectivity index (χ4v) is 2.72. The van der Waals surface area contributed by atoms with E-state index >= 15 is 0 Å². The van der Waals surface area contributed by atoms with Gasteiger partial charge in [0.15, 0.2) is 0 Å². The third-order valence-corrected chi connectivity index (χ3v) is 4.06. The molecular formula is C12H14BClO2. The highest BCUT2D eigenvalue weighted by Crippen LogP contribution is 2.32. The Morgan fingerprint density at radius 1 is 1.44 bits per heavy atom. The third-order valence-electron chi connectivity index (χ3n) is 3.70. The summed E-state index contributed by atoms with van der Waals surface area (Å²) in [7, 11) is -0.757. The van der Waals surface area contributed by atoms with Crippen molar-refractivity contribution in [3.8, 4) is 0 Å².